The molecule has 8 nitrogen and oxygen atoms in total. The molecule has 1 aromatic heterocycles. The van der Waals surface area contributed by atoms with E-state index in [4.69, 9.17) is 9.84 Å². The second-order valence-corrected chi connectivity index (χ2v) is 4.85. The van der Waals surface area contributed by atoms with Crippen molar-refractivity contribution in [3.8, 4) is 0 Å². The van der Waals surface area contributed by atoms with Crippen LogP contribution in [0.1, 0.15) is 30.5 Å². The molecular weight excluding hydrogens is 278 g/mol. The summed E-state index contributed by atoms with van der Waals surface area (Å²) in [4.78, 5) is 42.2. The summed E-state index contributed by atoms with van der Waals surface area (Å²) < 4.78 is 5.55. The number of nitrogens with one attached hydrogen (secondary N) is 1. The van der Waals surface area contributed by atoms with Crippen molar-refractivity contribution in [3.05, 3.63) is 27.9 Å². The maximum atomic E-state index is 11.9. The van der Waals surface area contributed by atoms with E-state index in [1.165, 1.54) is 6.07 Å². The van der Waals surface area contributed by atoms with Gasteiger partial charge in [-0.1, -0.05) is 0 Å². The van der Waals surface area contributed by atoms with Gasteiger partial charge in [0.05, 0.1) is 25.3 Å². The van der Waals surface area contributed by atoms with Crippen molar-refractivity contribution in [1.82, 2.24) is 14.9 Å². The molecule has 0 aromatic carbocycles. The van der Waals surface area contributed by atoms with Crippen LogP contribution in [0.15, 0.2) is 10.9 Å². The molecule has 1 amide bonds. The van der Waals surface area contributed by atoms with Gasteiger partial charge in [0.1, 0.15) is 11.9 Å². The van der Waals surface area contributed by atoms with Gasteiger partial charge < -0.3 is 19.7 Å². The first-order valence-electron chi connectivity index (χ1n) is 6.65. The minimum atomic E-state index is -1.000. The van der Waals surface area contributed by atoms with Crippen LogP contribution in [0.4, 0.5) is 0 Å². The van der Waals surface area contributed by atoms with Gasteiger partial charge in [-0.25, -0.2) is 4.98 Å². The van der Waals surface area contributed by atoms with E-state index in [1.54, 1.807) is 11.8 Å². The van der Waals surface area contributed by atoms with Crippen LogP contribution >= 0.6 is 0 Å². The molecule has 2 N–H and O–H groups in total. The summed E-state index contributed by atoms with van der Waals surface area (Å²) in [6.45, 7) is 2.69. The molecule has 1 aliphatic heterocycles. The van der Waals surface area contributed by atoms with Crippen LogP contribution < -0.4 is 5.56 Å². The van der Waals surface area contributed by atoms with Crippen LogP contribution in [0.2, 0.25) is 0 Å². The molecule has 0 saturated carbocycles. The molecule has 8 heteroatoms. The maximum absolute atomic E-state index is 11.9. The number of aromatic amines is 1. The molecule has 1 saturated heterocycles. The highest BCUT2D eigenvalue weighted by Crippen LogP contribution is 2.20. The highest BCUT2D eigenvalue weighted by molar-refractivity contribution is 5.80. The first kappa shape index (κ1) is 15.2. The first-order valence-corrected chi connectivity index (χ1v) is 6.65. The molecule has 2 heterocycles. The van der Waals surface area contributed by atoms with Gasteiger partial charge >= 0.3 is 5.97 Å². The predicted molar refractivity (Wildman–Crippen MR) is 71.7 cm³/mol. The van der Waals surface area contributed by atoms with E-state index in [-0.39, 0.29) is 30.9 Å². The van der Waals surface area contributed by atoms with Gasteiger partial charge in [0, 0.05) is 19.0 Å². The standard InChI is InChI=1S/C13H17N3O5/c1-8-14-9(6-11(17)15-8)10-7-16(4-5-21-10)12(18)2-3-13(19)20/h6,10H,2-5,7H2,1H3,(H,19,20)(H,14,15,17)/t10-/m1/s1. The number of carbonyl (C=O) groups excluding carboxylic acids is 1. The monoisotopic (exact) mass is 295 g/mol. The lowest BCUT2D eigenvalue weighted by atomic mass is 10.1. The first-order chi connectivity index (χ1) is 9.95. The number of aliphatic carboxylic acids is 1. The van der Waals surface area contributed by atoms with Gasteiger partial charge in [0.15, 0.2) is 0 Å². The maximum Gasteiger partial charge on any atom is 0.303 e. The van der Waals surface area contributed by atoms with Gasteiger partial charge in [0.2, 0.25) is 5.91 Å². The second kappa shape index (κ2) is 6.49. The van der Waals surface area contributed by atoms with Gasteiger partial charge in [-0.15, -0.1) is 0 Å². The number of H-pyrrole nitrogens is 1. The largest absolute Gasteiger partial charge is 0.481 e. The Bertz CT molecular complexity index is 598. The lowest BCUT2D eigenvalue weighted by Gasteiger charge is -2.32. The summed E-state index contributed by atoms with van der Waals surface area (Å²) in [6.07, 6.45) is -0.693. The number of carboxylic acid groups (broad SMARTS) is 1. The topological polar surface area (TPSA) is 113 Å². The van der Waals surface area contributed by atoms with Crippen molar-refractivity contribution in [2.75, 3.05) is 19.7 Å². The van der Waals surface area contributed by atoms with E-state index in [1.807, 2.05) is 0 Å². The normalized spacial score (nSPS) is 18.5. The quantitative estimate of drug-likeness (QED) is 0.798. The fourth-order valence-corrected chi connectivity index (χ4v) is 2.19. The molecule has 1 fully saturated rings. The number of nitrogens with zero attached hydrogens (tertiary/aromatic N) is 2. The van der Waals surface area contributed by atoms with Crippen molar-refractivity contribution in [2.45, 2.75) is 25.9 Å². The number of carboxylic acids is 1. The summed E-state index contributed by atoms with van der Waals surface area (Å²) in [5, 5.41) is 8.61. The molecule has 1 aliphatic rings. The van der Waals surface area contributed by atoms with Crippen molar-refractivity contribution in [3.63, 3.8) is 0 Å². The van der Waals surface area contributed by atoms with E-state index in [2.05, 4.69) is 9.97 Å². The van der Waals surface area contributed by atoms with E-state index in [9.17, 15) is 14.4 Å². The molecule has 1 aromatic rings. The third kappa shape index (κ3) is 4.12. The predicted octanol–water partition coefficient (Wildman–Crippen LogP) is -0.157. The second-order valence-electron chi connectivity index (χ2n) is 4.85. The van der Waals surface area contributed by atoms with Gasteiger partial charge in [-0.3, -0.25) is 14.4 Å². The molecule has 2 rings (SSSR count). The fraction of sp³-hybridized carbons (Fsp3) is 0.538. The number of ether oxygens (including phenoxy) is 1. The Labute approximate surface area is 120 Å². The smallest absolute Gasteiger partial charge is 0.303 e. The minimum Gasteiger partial charge on any atom is -0.481 e. The number of rotatable bonds is 4. The van der Waals surface area contributed by atoms with E-state index < -0.39 is 12.1 Å². The lowest BCUT2D eigenvalue weighted by Crippen LogP contribution is -2.42. The Morgan fingerprint density at radius 3 is 2.95 bits per heavy atom. The number of hydrogen-bond donors (Lipinski definition) is 2. The molecule has 0 spiro atoms. The van der Waals surface area contributed by atoms with Crippen LogP contribution in [0, 0.1) is 6.92 Å². The number of aromatic nitrogens is 2. The summed E-state index contributed by atoms with van der Waals surface area (Å²) >= 11 is 0. The van der Waals surface area contributed by atoms with Crippen molar-refractivity contribution in [2.24, 2.45) is 0 Å². The fourth-order valence-electron chi connectivity index (χ4n) is 2.19. The zero-order valence-corrected chi connectivity index (χ0v) is 11.7. The average molecular weight is 295 g/mol. The lowest BCUT2D eigenvalue weighted by molar-refractivity contribution is -0.144. The number of hydrogen-bond acceptors (Lipinski definition) is 5. The Balaban J connectivity index is 2.04. The van der Waals surface area contributed by atoms with Crippen LogP contribution in [0.25, 0.3) is 0 Å². The SMILES string of the molecule is Cc1nc([C@H]2CN(C(=O)CCC(=O)O)CCO2)cc(=O)[nH]1. The van der Waals surface area contributed by atoms with E-state index in [0.717, 1.165) is 0 Å². The molecule has 21 heavy (non-hydrogen) atoms. The number of morpholine rings is 1. The minimum absolute atomic E-state index is 0.0378. The zero-order chi connectivity index (χ0) is 15.4. The van der Waals surface area contributed by atoms with Crippen LogP contribution in [0.3, 0.4) is 0 Å². The Morgan fingerprint density at radius 1 is 1.52 bits per heavy atom. The van der Waals surface area contributed by atoms with Gasteiger partial charge in [-0.2, -0.15) is 0 Å². The van der Waals surface area contributed by atoms with Gasteiger partial charge in [0.25, 0.3) is 5.56 Å². The van der Waals surface area contributed by atoms with Crippen LogP contribution in [-0.4, -0.2) is 51.5 Å². The highest BCUT2D eigenvalue weighted by atomic mass is 16.5. The average Bonchev–Trinajstić information content (AvgIpc) is 2.44. The number of aryl methyl sites for hydroxylation is 1. The summed E-state index contributed by atoms with van der Waals surface area (Å²) in [5.41, 5.74) is 0.211. The third-order valence-corrected chi connectivity index (χ3v) is 3.18. The molecule has 0 aliphatic carbocycles. The molecular formula is C13H17N3O5. The molecule has 0 radical (unpaired) electrons. The van der Waals surface area contributed by atoms with Crippen molar-refractivity contribution in [1.29, 1.82) is 0 Å². The summed E-state index contributed by atoms with van der Waals surface area (Å²) in [7, 11) is 0. The number of carbonyl (C=O) groups is 2. The van der Waals surface area contributed by atoms with E-state index >= 15 is 0 Å². The van der Waals surface area contributed by atoms with Crippen LogP contribution in [0.5, 0.6) is 0 Å². The number of amides is 1. The van der Waals surface area contributed by atoms with Crippen LogP contribution in [-0.2, 0) is 14.3 Å². The molecule has 114 valence electrons. The highest BCUT2D eigenvalue weighted by Gasteiger charge is 2.26. The van der Waals surface area contributed by atoms with Gasteiger partial charge in [-0.05, 0) is 6.92 Å². The third-order valence-electron chi connectivity index (χ3n) is 3.18. The van der Waals surface area contributed by atoms with Crippen molar-refractivity contribution < 1.29 is 19.4 Å². The molecule has 0 bridgehead atoms. The Morgan fingerprint density at radius 2 is 2.29 bits per heavy atom. The molecule has 0 unspecified atom stereocenters. The Hall–Kier alpha value is -2.22. The van der Waals surface area contributed by atoms with Crippen molar-refractivity contribution >= 4 is 11.9 Å². The van der Waals surface area contributed by atoms with E-state index in [0.29, 0.717) is 24.7 Å². The molecule has 1 atom stereocenters. The zero-order valence-electron chi connectivity index (χ0n) is 11.7. The Kier molecular flexibility index (Phi) is 4.69. The summed E-state index contributed by atoms with van der Waals surface area (Å²) in [6, 6.07) is 1.35. The summed E-state index contributed by atoms with van der Waals surface area (Å²) in [5.74, 6) is -0.747.